The van der Waals surface area contributed by atoms with Crippen LogP contribution in [-0.2, 0) is 0 Å². The highest BCUT2D eigenvalue weighted by atomic mass is 16.1. The molecule has 0 heterocycles. The number of hydrogen-bond acceptors (Lipinski definition) is 0. The molecule has 1 heteroatoms. The van der Waals surface area contributed by atoms with Crippen molar-refractivity contribution >= 4 is 27.3 Å². The van der Waals surface area contributed by atoms with Gasteiger partial charge in [-0.15, -0.1) is 0 Å². The van der Waals surface area contributed by atoms with Gasteiger partial charge in [-0.2, -0.15) is 0 Å². The Balaban J connectivity index is 2.59. The van der Waals surface area contributed by atoms with Crippen molar-refractivity contribution in [2.45, 2.75) is 6.92 Å². The van der Waals surface area contributed by atoms with Crippen LogP contribution in [0.5, 0.6) is 0 Å². The standard InChI is InChI=1S/C16H12O/c1-11(17)16-10-12-6-2-3-7-13(12)14-8-4-5-9-15(14)16/h2-10H,1H3/p+1. The number of hydrogen-bond donors (Lipinski definition) is 0. The van der Waals surface area contributed by atoms with Gasteiger partial charge >= 0.3 is 5.78 Å². The molecule has 0 radical (unpaired) electrons. The lowest BCUT2D eigenvalue weighted by atomic mass is 9.96. The van der Waals surface area contributed by atoms with Gasteiger partial charge < -0.3 is 0 Å². The second kappa shape index (κ2) is 3.70. The van der Waals surface area contributed by atoms with Crippen molar-refractivity contribution in [3.05, 3.63) is 60.2 Å². The molecule has 0 aromatic heterocycles. The molecule has 82 valence electrons. The number of rotatable bonds is 1. The zero-order chi connectivity index (χ0) is 11.8. The number of fused-ring (bicyclic) bond motifs is 3. The quantitative estimate of drug-likeness (QED) is 0.337. The normalized spacial score (nSPS) is 10.9. The molecule has 0 aliphatic rings. The van der Waals surface area contributed by atoms with E-state index < -0.39 is 0 Å². The molecule has 0 aliphatic heterocycles. The van der Waals surface area contributed by atoms with Gasteiger partial charge in [-0.05, 0) is 27.6 Å². The second-order valence-corrected chi connectivity index (χ2v) is 4.28. The maximum atomic E-state index is 9.80. The molecule has 1 nitrogen and oxygen atoms in total. The Morgan fingerprint density at radius 1 is 0.824 bits per heavy atom. The van der Waals surface area contributed by atoms with E-state index in [9.17, 15) is 4.79 Å². The van der Waals surface area contributed by atoms with Gasteiger partial charge in [0.05, 0.1) is 12.5 Å². The maximum absolute atomic E-state index is 9.80. The molecule has 0 bridgehead atoms. The van der Waals surface area contributed by atoms with E-state index in [4.69, 9.17) is 0 Å². The number of carbonyl (C=O) groups excluding carboxylic acids is 1. The van der Waals surface area contributed by atoms with Crippen LogP contribution in [0.4, 0.5) is 0 Å². The molecule has 3 aromatic rings. The van der Waals surface area contributed by atoms with E-state index in [2.05, 4.69) is 24.3 Å². The molecule has 3 rings (SSSR count). The summed E-state index contributed by atoms with van der Waals surface area (Å²) in [5.74, 6) is 0.368. The summed E-state index contributed by atoms with van der Waals surface area (Å²) in [6.45, 7) is 1.73. The molecule has 1 N–H and O–H groups in total. The Kier molecular flexibility index (Phi) is 2.19. The van der Waals surface area contributed by atoms with Crippen molar-refractivity contribution in [1.29, 1.82) is 0 Å². The fraction of sp³-hybridized carbons (Fsp3) is 0.0625. The summed E-state index contributed by atoms with van der Waals surface area (Å²) in [4.78, 5) is 9.80. The van der Waals surface area contributed by atoms with Gasteiger partial charge in [-0.1, -0.05) is 48.5 Å². The van der Waals surface area contributed by atoms with Gasteiger partial charge in [0.25, 0.3) is 0 Å². The third-order valence-electron chi connectivity index (χ3n) is 3.16. The van der Waals surface area contributed by atoms with Crippen LogP contribution in [0.25, 0.3) is 21.5 Å². The first-order valence-electron chi connectivity index (χ1n) is 5.71. The first kappa shape index (κ1) is 10.0. The first-order valence-corrected chi connectivity index (χ1v) is 5.71. The molecular formula is C16H13O+. The first-order chi connectivity index (χ1) is 8.27. The minimum Gasteiger partial charge on any atom is -0.278 e. The minimum atomic E-state index is 0.368. The summed E-state index contributed by atoms with van der Waals surface area (Å²) < 4.78 is 0. The lowest BCUT2D eigenvalue weighted by molar-refractivity contribution is 0.675. The molecular weight excluding hydrogens is 208 g/mol. The van der Waals surface area contributed by atoms with E-state index in [1.807, 2.05) is 30.3 Å². The van der Waals surface area contributed by atoms with Crippen molar-refractivity contribution in [3.8, 4) is 0 Å². The SMILES string of the molecule is CC(=[OH+])c1cc2ccccc2c2ccccc12. The van der Waals surface area contributed by atoms with Crippen LogP contribution >= 0.6 is 0 Å². The van der Waals surface area contributed by atoms with Gasteiger partial charge in [-0.25, -0.2) is 0 Å². The van der Waals surface area contributed by atoms with Crippen molar-refractivity contribution in [1.82, 2.24) is 0 Å². The zero-order valence-electron chi connectivity index (χ0n) is 9.64. The Labute approximate surface area is 99.7 Å². The van der Waals surface area contributed by atoms with Gasteiger partial charge in [0, 0.05) is 0 Å². The van der Waals surface area contributed by atoms with Crippen LogP contribution in [0, 0.1) is 0 Å². The fourth-order valence-corrected chi connectivity index (χ4v) is 2.35. The highest BCUT2D eigenvalue weighted by molar-refractivity contribution is 6.17. The number of ketones is 1. The lowest BCUT2D eigenvalue weighted by Gasteiger charge is -2.06. The van der Waals surface area contributed by atoms with E-state index in [1.165, 1.54) is 10.8 Å². The van der Waals surface area contributed by atoms with Crippen molar-refractivity contribution < 1.29 is 4.79 Å². The van der Waals surface area contributed by atoms with Crippen molar-refractivity contribution in [2.24, 2.45) is 0 Å². The summed E-state index contributed by atoms with van der Waals surface area (Å²) in [5, 5.41) is 4.68. The van der Waals surface area contributed by atoms with Crippen LogP contribution in [-0.4, -0.2) is 10.6 Å². The van der Waals surface area contributed by atoms with Crippen LogP contribution in [0.3, 0.4) is 0 Å². The van der Waals surface area contributed by atoms with Crippen molar-refractivity contribution in [2.75, 3.05) is 0 Å². The molecule has 0 fully saturated rings. The average molecular weight is 221 g/mol. The molecule has 0 saturated heterocycles. The molecule has 0 aliphatic carbocycles. The fourth-order valence-electron chi connectivity index (χ4n) is 2.35. The molecule has 17 heavy (non-hydrogen) atoms. The van der Waals surface area contributed by atoms with E-state index in [-0.39, 0.29) is 0 Å². The monoisotopic (exact) mass is 221 g/mol. The Morgan fingerprint density at radius 2 is 1.41 bits per heavy atom. The Morgan fingerprint density at radius 3 is 2.12 bits per heavy atom. The maximum Gasteiger partial charge on any atom is 0.321 e. The van der Waals surface area contributed by atoms with Crippen molar-refractivity contribution in [3.63, 3.8) is 0 Å². The van der Waals surface area contributed by atoms with E-state index in [0.717, 1.165) is 16.3 Å². The zero-order valence-corrected chi connectivity index (χ0v) is 9.64. The van der Waals surface area contributed by atoms with Crippen LogP contribution in [0.1, 0.15) is 12.5 Å². The molecule has 0 unspecified atom stereocenters. The van der Waals surface area contributed by atoms with E-state index in [0.29, 0.717) is 5.78 Å². The molecule has 0 amide bonds. The average Bonchev–Trinajstić information content (AvgIpc) is 2.37. The highest BCUT2D eigenvalue weighted by Crippen LogP contribution is 2.28. The summed E-state index contributed by atoms with van der Waals surface area (Å²) >= 11 is 0. The topological polar surface area (TPSA) is 21.4 Å². The minimum absolute atomic E-state index is 0.368. The highest BCUT2D eigenvalue weighted by Gasteiger charge is 2.12. The van der Waals surface area contributed by atoms with Gasteiger partial charge in [0.2, 0.25) is 0 Å². The summed E-state index contributed by atoms with van der Waals surface area (Å²) in [6, 6.07) is 18.5. The molecule has 3 aromatic carbocycles. The third kappa shape index (κ3) is 1.51. The lowest BCUT2D eigenvalue weighted by Crippen LogP contribution is -1.95. The van der Waals surface area contributed by atoms with Crippen LogP contribution < -0.4 is 0 Å². The van der Waals surface area contributed by atoms with Gasteiger partial charge in [-0.3, -0.25) is 4.79 Å². The van der Waals surface area contributed by atoms with Crippen LogP contribution in [0.15, 0.2) is 54.6 Å². The Hall–Kier alpha value is -2.15. The molecule has 0 spiro atoms. The summed E-state index contributed by atoms with van der Waals surface area (Å²) in [5.41, 5.74) is 0.916. The second-order valence-electron chi connectivity index (χ2n) is 4.28. The largest absolute Gasteiger partial charge is 0.321 e. The van der Waals surface area contributed by atoms with Gasteiger partial charge in [0.15, 0.2) is 0 Å². The Bertz CT molecular complexity index is 726. The molecule has 0 atom stereocenters. The van der Waals surface area contributed by atoms with E-state index >= 15 is 0 Å². The predicted octanol–water partition coefficient (Wildman–Crippen LogP) is 3.91. The smallest absolute Gasteiger partial charge is 0.278 e. The van der Waals surface area contributed by atoms with E-state index in [1.54, 1.807) is 6.92 Å². The van der Waals surface area contributed by atoms with Gasteiger partial charge in [0.1, 0.15) is 0 Å². The summed E-state index contributed by atoms with van der Waals surface area (Å²) in [6.07, 6.45) is 0. The molecule has 0 saturated carbocycles. The predicted molar refractivity (Wildman–Crippen MR) is 73.2 cm³/mol. The number of benzene rings is 3. The van der Waals surface area contributed by atoms with Crippen LogP contribution in [0.2, 0.25) is 0 Å². The summed E-state index contributed by atoms with van der Waals surface area (Å²) in [7, 11) is 0. The third-order valence-corrected chi connectivity index (χ3v) is 3.16.